The number of nitrogens with one attached hydrogen (secondary N) is 1. The summed E-state index contributed by atoms with van der Waals surface area (Å²) in [6, 6.07) is -0.606. The molecule has 0 aromatic carbocycles. The third kappa shape index (κ3) is 1.14. The van der Waals surface area contributed by atoms with Gasteiger partial charge in [-0.3, -0.25) is 9.59 Å². The highest BCUT2D eigenvalue weighted by Gasteiger charge is 2.82. The van der Waals surface area contributed by atoms with Gasteiger partial charge in [0, 0.05) is 6.04 Å². The molecule has 4 bridgehead atoms. The monoisotopic (exact) mass is 249 g/mol. The molecule has 0 heterocycles. The number of carboxylic acid groups (broad SMARTS) is 1. The fraction of sp³-hybridized carbons (Fsp3) is 0.800. The van der Waals surface area contributed by atoms with Gasteiger partial charge in [0.2, 0.25) is 0 Å². The summed E-state index contributed by atoms with van der Waals surface area (Å²) in [4.78, 5) is 21.9. The first-order valence-electron chi connectivity index (χ1n) is 5.39. The van der Waals surface area contributed by atoms with Crippen molar-refractivity contribution in [3.63, 3.8) is 0 Å². The molecule has 0 spiro atoms. The highest BCUT2D eigenvalue weighted by atomic mass is 19.4. The van der Waals surface area contributed by atoms with Crippen molar-refractivity contribution in [1.82, 2.24) is 5.32 Å². The topological polar surface area (TPSA) is 66.4 Å². The van der Waals surface area contributed by atoms with E-state index >= 15 is 0 Å². The van der Waals surface area contributed by atoms with E-state index < -0.39 is 29.5 Å². The van der Waals surface area contributed by atoms with Crippen molar-refractivity contribution in [1.29, 1.82) is 0 Å². The molecule has 5 unspecified atom stereocenters. The number of rotatable bonds is 2. The Bertz CT molecular complexity index is 422. The van der Waals surface area contributed by atoms with Gasteiger partial charge in [-0.25, -0.2) is 0 Å². The summed E-state index contributed by atoms with van der Waals surface area (Å²) in [7, 11) is 0. The molecule has 2 N–H and O–H groups in total. The predicted molar refractivity (Wildman–Crippen MR) is 47.8 cm³/mol. The first-order valence-corrected chi connectivity index (χ1v) is 5.39. The number of carbonyl (C=O) groups excluding carboxylic acids is 1. The molecule has 0 aromatic heterocycles. The quantitative estimate of drug-likeness (QED) is 0.759. The Morgan fingerprint density at radius 2 is 2.00 bits per heavy atom. The molecule has 7 heteroatoms. The zero-order valence-electron chi connectivity index (χ0n) is 8.62. The van der Waals surface area contributed by atoms with Crippen molar-refractivity contribution < 1.29 is 27.9 Å². The number of carboxylic acids is 1. The van der Waals surface area contributed by atoms with Gasteiger partial charge in [-0.05, 0) is 30.6 Å². The zero-order chi connectivity index (χ0) is 12.6. The molecule has 4 fully saturated rings. The van der Waals surface area contributed by atoms with Crippen molar-refractivity contribution in [2.24, 2.45) is 23.2 Å². The van der Waals surface area contributed by atoms with Gasteiger partial charge >= 0.3 is 18.1 Å². The molecule has 0 aliphatic heterocycles. The lowest BCUT2D eigenvalue weighted by Gasteiger charge is -2.17. The molecule has 17 heavy (non-hydrogen) atoms. The van der Waals surface area contributed by atoms with Crippen molar-refractivity contribution in [2.75, 3.05) is 0 Å². The van der Waals surface area contributed by atoms with E-state index in [1.54, 1.807) is 0 Å². The third-order valence-electron chi connectivity index (χ3n) is 4.59. The maximum absolute atomic E-state index is 12.1. The van der Waals surface area contributed by atoms with E-state index in [0.717, 1.165) is 0 Å². The van der Waals surface area contributed by atoms with E-state index in [-0.39, 0.29) is 17.8 Å². The second-order valence-corrected chi connectivity index (χ2v) is 5.17. The lowest BCUT2D eigenvalue weighted by molar-refractivity contribution is -0.174. The summed E-state index contributed by atoms with van der Waals surface area (Å²) in [6.07, 6.45) is -3.87. The zero-order valence-corrected chi connectivity index (χ0v) is 8.62. The molecule has 4 aliphatic rings. The van der Waals surface area contributed by atoms with E-state index in [4.69, 9.17) is 5.11 Å². The van der Waals surface area contributed by atoms with Gasteiger partial charge in [-0.2, -0.15) is 13.2 Å². The van der Waals surface area contributed by atoms with Gasteiger partial charge in [0.25, 0.3) is 0 Å². The molecular formula is C10H10F3NO3. The standard InChI is InChI=1S/C10H10F3NO3/c11-10(12,13)7(15)14-6-3-1-4-5(6)9(4,2-3)8(16)17/h3-6H,1-2H2,(H,14,15)(H,16,17). The first-order chi connectivity index (χ1) is 7.78. The summed E-state index contributed by atoms with van der Waals surface area (Å²) in [5, 5.41) is 11.0. The van der Waals surface area contributed by atoms with Gasteiger partial charge < -0.3 is 10.4 Å². The van der Waals surface area contributed by atoms with E-state index in [1.165, 1.54) is 0 Å². The lowest BCUT2D eigenvalue weighted by Crippen LogP contribution is -2.44. The summed E-state index contributed by atoms with van der Waals surface area (Å²) >= 11 is 0. The molecule has 4 aliphatic carbocycles. The largest absolute Gasteiger partial charge is 0.481 e. The molecule has 1 amide bonds. The minimum atomic E-state index is -4.90. The van der Waals surface area contributed by atoms with Crippen LogP contribution in [0.3, 0.4) is 0 Å². The number of halogens is 3. The van der Waals surface area contributed by atoms with Crippen molar-refractivity contribution >= 4 is 11.9 Å². The van der Waals surface area contributed by atoms with Crippen LogP contribution in [0, 0.1) is 23.2 Å². The van der Waals surface area contributed by atoms with Gasteiger partial charge in [0.1, 0.15) is 0 Å². The maximum atomic E-state index is 12.1. The Kier molecular flexibility index (Phi) is 1.76. The number of hydrogen-bond acceptors (Lipinski definition) is 2. The number of aliphatic carboxylic acids is 1. The van der Waals surface area contributed by atoms with Gasteiger partial charge in [0.15, 0.2) is 0 Å². The number of hydrogen-bond donors (Lipinski definition) is 2. The van der Waals surface area contributed by atoms with Crippen LogP contribution in [0.1, 0.15) is 12.8 Å². The van der Waals surface area contributed by atoms with Crippen molar-refractivity contribution in [3.8, 4) is 0 Å². The van der Waals surface area contributed by atoms with Crippen molar-refractivity contribution in [3.05, 3.63) is 0 Å². The fourth-order valence-electron chi connectivity index (χ4n) is 4.01. The first kappa shape index (κ1) is 10.9. The fourth-order valence-corrected chi connectivity index (χ4v) is 4.01. The van der Waals surface area contributed by atoms with Crippen LogP contribution in [-0.4, -0.2) is 29.2 Å². The average molecular weight is 249 g/mol. The molecular weight excluding hydrogens is 239 g/mol. The maximum Gasteiger partial charge on any atom is 0.471 e. The molecule has 4 rings (SSSR count). The van der Waals surface area contributed by atoms with Crippen molar-refractivity contribution in [2.45, 2.75) is 25.1 Å². The minimum absolute atomic E-state index is 0.0384. The Hall–Kier alpha value is -1.27. The summed E-state index contributed by atoms with van der Waals surface area (Å²) < 4.78 is 36.3. The molecule has 4 saturated carbocycles. The number of amides is 1. The number of carbonyl (C=O) groups is 2. The smallest absolute Gasteiger partial charge is 0.471 e. The molecule has 0 aromatic rings. The Morgan fingerprint density at radius 3 is 2.41 bits per heavy atom. The average Bonchev–Trinajstić information content (AvgIpc) is 2.55. The Labute approximate surface area is 94.2 Å². The van der Waals surface area contributed by atoms with Gasteiger partial charge in [-0.1, -0.05) is 0 Å². The normalized spacial score (nSPS) is 45.8. The van der Waals surface area contributed by atoms with Crippen LogP contribution in [0.2, 0.25) is 0 Å². The van der Waals surface area contributed by atoms with E-state index in [9.17, 15) is 22.8 Å². The SMILES string of the molecule is O=C(NC1C2CC3C1C3(C(=O)O)C2)C(F)(F)F. The minimum Gasteiger partial charge on any atom is -0.481 e. The summed E-state index contributed by atoms with van der Waals surface area (Å²) in [6.45, 7) is 0. The summed E-state index contributed by atoms with van der Waals surface area (Å²) in [5.74, 6) is -3.33. The van der Waals surface area contributed by atoms with Crippen LogP contribution in [0.25, 0.3) is 0 Å². The van der Waals surface area contributed by atoms with Crippen LogP contribution in [-0.2, 0) is 9.59 Å². The van der Waals surface area contributed by atoms with Crippen LogP contribution < -0.4 is 5.32 Å². The van der Waals surface area contributed by atoms with E-state index in [2.05, 4.69) is 0 Å². The highest BCUT2D eigenvalue weighted by Crippen LogP contribution is 2.79. The molecule has 0 saturated heterocycles. The second-order valence-electron chi connectivity index (χ2n) is 5.17. The number of alkyl halides is 3. The van der Waals surface area contributed by atoms with E-state index in [1.807, 2.05) is 5.32 Å². The van der Waals surface area contributed by atoms with Gasteiger partial charge in [-0.15, -0.1) is 0 Å². The molecule has 94 valence electrons. The van der Waals surface area contributed by atoms with Gasteiger partial charge in [0.05, 0.1) is 5.41 Å². The molecule has 5 atom stereocenters. The summed E-state index contributed by atoms with van der Waals surface area (Å²) in [5.41, 5.74) is -0.839. The lowest BCUT2D eigenvalue weighted by atomic mass is 10.1. The van der Waals surface area contributed by atoms with Crippen LogP contribution in [0.4, 0.5) is 13.2 Å². The Morgan fingerprint density at radius 1 is 1.35 bits per heavy atom. The molecule has 0 radical (unpaired) electrons. The predicted octanol–water partition coefficient (Wildman–Crippen LogP) is 0.774. The van der Waals surface area contributed by atoms with Crippen LogP contribution in [0.15, 0.2) is 0 Å². The third-order valence-corrected chi connectivity index (χ3v) is 4.59. The highest BCUT2D eigenvalue weighted by molar-refractivity contribution is 5.85. The molecule has 4 nitrogen and oxygen atoms in total. The van der Waals surface area contributed by atoms with E-state index in [0.29, 0.717) is 12.8 Å². The van der Waals surface area contributed by atoms with Crippen LogP contribution >= 0.6 is 0 Å². The Balaban J connectivity index is 1.74. The van der Waals surface area contributed by atoms with Crippen LogP contribution in [0.5, 0.6) is 0 Å². The second kappa shape index (κ2) is 2.76.